The van der Waals surface area contributed by atoms with E-state index in [2.05, 4.69) is 4.98 Å². The number of hydrogen-bond acceptors (Lipinski definition) is 6. The van der Waals surface area contributed by atoms with Gasteiger partial charge in [0.25, 0.3) is 17.3 Å². The molecule has 1 aliphatic carbocycles. The van der Waals surface area contributed by atoms with Gasteiger partial charge in [-0.3, -0.25) is 30.0 Å². The van der Waals surface area contributed by atoms with E-state index in [0.717, 1.165) is 31.0 Å². The normalized spacial score (nSPS) is 14.5. The summed E-state index contributed by atoms with van der Waals surface area (Å²) in [6.07, 6.45) is 3.26. The molecule has 9 heteroatoms. The first kappa shape index (κ1) is 17.5. The number of benzene rings is 1. The molecule has 0 N–H and O–H groups in total. The SMILES string of the molecule is CC(c1ccccn1)N(C(=O)c1cc([N+](=O)[O-])cc([N+](=O)[O-])c1)C1CC1. The Bertz CT molecular complexity index is 834. The van der Waals surface area contributed by atoms with E-state index in [1.807, 2.05) is 13.0 Å². The van der Waals surface area contributed by atoms with Gasteiger partial charge in [0.2, 0.25) is 0 Å². The second-order valence-electron chi connectivity index (χ2n) is 6.13. The standard InChI is InChI=1S/C17H16N4O5/c1-11(16-4-2-3-7-18-16)19(13-5-6-13)17(22)12-8-14(20(23)24)10-15(9-12)21(25)26/h2-4,7-11,13H,5-6H2,1H3. The molecular formula is C17H16N4O5. The van der Waals surface area contributed by atoms with Gasteiger partial charge in [-0.25, -0.2) is 0 Å². The minimum Gasteiger partial charge on any atom is -0.327 e. The first-order valence-electron chi connectivity index (χ1n) is 8.06. The average molecular weight is 356 g/mol. The maximum atomic E-state index is 13.0. The third-order valence-corrected chi connectivity index (χ3v) is 4.28. The van der Waals surface area contributed by atoms with Crippen molar-refractivity contribution < 1.29 is 14.6 Å². The molecular weight excluding hydrogens is 340 g/mol. The monoisotopic (exact) mass is 356 g/mol. The number of carbonyl (C=O) groups is 1. The van der Waals surface area contributed by atoms with Gasteiger partial charge in [-0.15, -0.1) is 0 Å². The summed E-state index contributed by atoms with van der Waals surface area (Å²) in [7, 11) is 0. The van der Waals surface area contributed by atoms with Crippen molar-refractivity contribution in [1.82, 2.24) is 9.88 Å². The molecule has 1 heterocycles. The lowest BCUT2D eigenvalue weighted by Crippen LogP contribution is -2.36. The maximum Gasteiger partial charge on any atom is 0.277 e. The molecule has 2 aromatic rings. The summed E-state index contributed by atoms with van der Waals surface area (Å²) >= 11 is 0. The minimum absolute atomic E-state index is 0.00201. The lowest BCUT2D eigenvalue weighted by molar-refractivity contribution is -0.394. The molecule has 1 atom stereocenters. The molecule has 9 nitrogen and oxygen atoms in total. The van der Waals surface area contributed by atoms with Crippen LogP contribution in [-0.4, -0.2) is 31.7 Å². The Balaban J connectivity index is 2.00. The molecule has 0 bridgehead atoms. The molecule has 0 saturated heterocycles. The molecule has 0 aliphatic heterocycles. The summed E-state index contributed by atoms with van der Waals surface area (Å²) in [5, 5.41) is 22.1. The molecule has 134 valence electrons. The molecule has 1 aromatic carbocycles. The first-order chi connectivity index (χ1) is 12.4. The van der Waals surface area contributed by atoms with E-state index in [0.29, 0.717) is 5.69 Å². The van der Waals surface area contributed by atoms with Crippen molar-refractivity contribution in [2.24, 2.45) is 0 Å². The third kappa shape index (κ3) is 3.51. The summed E-state index contributed by atoms with van der Waals surface area (Å²) < 4.78 is 0. The van der Waals surface area contributed by atoms with E-state index in [1.165, 1.54) is 0 Å². The average Bonchev–Trinajstić information content (AvgIpc) is 3.46. The second kappa shape index (κ2) is 6.87. The zero-order valence-electron chi connectivity index (χ0n) is 13.9. The Hall–Kier alpha value is -3.36. The molecule has 1 unspecified atom stereocenters. The third-order valence-electron chi connectivity index (χ3n) is 4.28. The fraction of sp³-hybridized carbons (Fsp3) is 0.294. The van der Waals surface area contributed by atoms with E-state index in [4.69, 9.17) is 0 Å². The molecule has 0 spiro atoms. The van der Waals surface area contributed by atoms with Crippen LogP contribution in [-0.2, 0) is 0 Å². The Labute approximate surface area is 148 Å². The van der Waals surface area contributed by atoms with Crippen molar-refractivity contribution in [3.8, 4) is 0 Å². The van der Waals surface area contributed by atoms with Gasteiger partial charge in [0.15, 0.2) is 0 Å². The van der Waals surface area contributed by atoms with Gasteiger partial charge in [0.1, 0.15) is 0 Å². The number of amides is 1. The van der Waals surface area contributed by atoms with Gasteiger partial charge in [0.05, 0.1) is 33.2 Å². The molecule has 1 fully saturated rings. The Morgan fingerprint density at radius 2 is 1.77 bits per heavy atom. The van der Waals surface area contributed by atoms with Crippen LogP contribution >= 0.6 is 0 Å². The zero-order valence-corrected chi connectivity index (χ0v) is 13.9. The number of carbonyl (C=O) groups excluding carboxylic acids is 1. The van der Waals surface area contributed by atoms with Gasteiger partial charge >= 0.3 is 0 Å². The van der Waals surface area contributed by atoms with Gasteiger partial charge in [0, 0.05) is 24.4 Å². The number of nitro benzene ring substituents is 2. The number of hydrogen-bond donors (Lipinski definition) is 0. The smallest absolute Gasteiger partial charge is 0.277 e. The highest BCUT2D eigenvalue weighted by Gasteiger charge is 2.38. The predicted molar refractivity (Wildman–Crippen MR) is 91.6 cm³/mol. The summed E-state index contributed by atoms with van der Waals surface area (Å²) in [6.45, 7) is 1.82. The number of rotatable bonds is 6. The van der Waals surface area contributed by atoms with Crippen molar-refractivity contribution >= 4 is 17.3 Å². The summed E-state index contributed by atoms with van der Waals surface area (Å²) in [5.41, 5.74) is -0.346. The topological polar surface area (TPSA) is 119 Å². The van der Waals surface area contributed by atoms with Gasteiger partial charge in [-0.1, -0.05) is 6.07 Å². The lowest BCUT2D eigenvalue weighted by atomic mass is 10.1. The van der Waals surface area contributed by atoms with E-state index >= 15 is 0 Å². The fourth-order valence-corrected chi connectivity index (χ4v) is 2.85. The molecule has 0 radical (unpaired) electrons. The zero-order chi connectivity index (χ0) is 18.8. The quantitative estimate of drug-likeness (QED) is 0.579. The largest absolute Gasteiger partial charge is 0.327 e. The molecule has 1 aromatic heterocycles. The summed E-state index contributed by atoms with van der Waals surface area (Å²) in [4.78, 5) is 39.6. The van der Waals surface area contributed by atoms with Crippen molar-refractivity contribution in [3.63, 3.8) is 0 Å². The molecule has 26 heavy (non-hydrogen) atoms. The van der Waals surface area contributed by atoms with E-state index in [1.54, 1.807) is 23.2 Å². The van der Waals surface area contributed by atoms with E-state index < -0.39 is 27.1 Å². The minimum atomic E-state index is -0.743. The molecule has 1 amide bonds. The van der Waals surface area contributed by atoms with Crippen LogP contribution in [0, 0.1) is 20.2 Å². The summed E-state index contributed by atoms with van der Waals surface area (Å²) in [5.74, 6) is -0.475. The second-order valence-corrected chi connectivity index (χ2v) is 6.13. The van der Waals surface area contributed by atoms with Crippen LogP contribution in [0.1, 0.15) is 41.9 Å². The van der Waals surface area contributed by atoms with Crippen molar-refractivity contribution in [1.29, 1.82) is 0 Å². The first-order valence-corrected chi connectivity index (χ1v) is 8.06. The lowest BCUT2D eigenvalue weighted by Gasteiger charge is -2.29. The highest BCUT2D eigenvalue weighted by atomic mass is 16.6. The van der Waals surface area contributed by atoms with E-state index in [9.17, 15) is 25.0 Å². The van der Waals surface area contributed by atoms with Crippen LogP contribution in [0.3, 0.4) is 0 Å². The van der Waals surface area contributed by atoms with Gasteiger partial charge in [-0.05, 0) is 31.9 Å². The van der Waals surface area contributed by atoms with Crippen LogP contribution in [0.15, 0.2) is 42.6 Å². The fourth-order valence-electron chi connectivity index (χ4n) is 2.85. The Morgan fingerprint density at radius 1 is 1.15 bits per heavy atom. The van der Waals surface area contributed by atoms with Crippen LogP contribution in [0.4, 0.5) is 11.4 Å². The highest BCUT2D eigenvalue weighted by molar-refractivity contribution is 5.96. The van der Waals surface area contributed by atoms with Crippen LogP contribution in [0.25, 0.3) is 0 Å². The van der Waals surface area contributed by atoms with E-state index in [-0.39, 0.29) is 17.6 Å². The van der Waals surface area contributed by atoms with Crippen molar-refractivity contribution in [3.05, 3.63) is 74.1 Å². The van der Waals surface area contributed by atoms with Crippen LogP contribution in [0.5, 0.6) is 0 Å². The number of aromatic nitrogens is 1. The van der Waals surface area contributed by atoms with Crippen LogP contribution < -0.4 is 0 Å². The molecule has 3 rings (SSSR count). The number of nitrogens with zero attached hydrogens (tertiary/aromatic N) is 4. The Kier molecular flexibility index (Phi) is 4.61. The molecule has 1 saturated carbocycles. The van der Waals surface area contributed by atoms with Gasteiger partial charge < -0.3 is 4.90 Å². The van der Waals surface area contributed by atoms with Crippen molar-refractivity contribution in [2.75, 3.05) is 0 Å². The number of non-ortho nitro benzene ring substituents is 2. The summed E-state index contributed by atoms with van der Waals surface area (Å²) in [6, 6.07) is 8.03. The van der Waals surface area contributed by atoms with Crippen LogP contribution in [0.2, 0.25) is 0 Å². The highest BCUT2D eigenvalue weighted by Crippen LogP contribution is 2.36. The number of nitro groups is 2. The Morgan fingerprint density at radius 3 is 2.23 bits per heavy atom. The van der Waals surface area contributed by atoms with Gasteiger partial charge in [-0.2, -0.15) is 0 Å². The maximum absolute atomic E-state index is 13.0. The molecule has 1 aliphatic rings. The van der Waals surface area contributed by atoms with Crippen molar-refractivity contribution in [2.45, 2.75) is 31.8 Å². The predicted octanol–water partition coefficient (Wildman–Crippen LogP) is 3.26. The number of pyridine rings is 1.